The van der Waals surface area contributed by atoms with Crippen LogP contribution >= 0.6 is 0 Å². The summed E-state index contributed by atoms with van der Waals surface area (Å²) in [5, 5.41) is 8.71. The SMILES string of the molecule is c1ccc(-c2cc(-c3ccc4c(c3)c3ccc5c(c3n4-c3ccccc3)-c3ccccc3C5(c3ccccc3)c3ccccc3)ccc2Nc2cccc3ccccc23)cc1. The van der Waals surface area contributed by atoms with Gasteiger partial charge in [0.1, 0.15) is 0 Å². The van der Waals surface area contributed by atoms with E-state index in [9.17, 15) is 0 Å². The second-order valence-electron chi connectivity index (χ2n) is 16.1. The van der Waals surface area contributed by atoms with Crippen LogP contribution in [0.15, 0.2) is 237 Å². The van der Waals surface area contributed by atoms with Crippen LogP contribution in [0, 0.1) is 0 Å². The Morgan fingerprint density at radius 2 is 0.984 bits per heavy atom. The first kappa shape index (κ1) is 35.0. The van der Waals surface area contributed by atoms with Crippen LogP contribution in [-0.2, 0) is 5.41 Å². The zero-order valence-corrected chi connectivity index (χ0v) is 33.5. The first-order valence-electron chi connectivity index (χ1n) is 21.1. The zero-order chi connectivity index (χ0) is 40.3. The van der Waals surface area contributed by atoms with Gasteiger partial charge in [0.2, 0.25) is 0 Å². The van der Waals surface area contributed by atoms with Crippen molar-refractivity contribution in [3.05, 3.63) is 259 Å². The molecule has 10 aromatic carbocycles. The molecule has 0 atom stereocenters. The lowest BCUT2D eigenvalue weighted by atomic mass is 9.67. The number of benzene rings is 10. The second kappa shape index (κ2) is 14.1. The van der Waals surface area contributed by atoms with E-state index in [4.69, 9.17) is 0 Å². The molecule has 286 valence electrons. The average Bonchev–Trinajstić information content (AvgIpc) is 3.83. The van der Waals surface area contributed by atoms with Crippen LogP contribution in [0.2, 0.25) is 0 Å². The molecule has 2 heteroatoms. The van der Waals surface area contributed by atoms with Crippen molar-refractivity contribution in [1.29, 1.82) is 0 Å². The minimum absolute atomic E-state index is 0.485. The van der Waals surface area contributed by atoms with Crippen LogP contribution in [-0.4, -0.2) is 4.57 Å². The predicted molar refractivity (Wildman–Crippen MR) is 256 cm³/mol. The molecule has 1 aromatic heterocycles. The summed E-state index contributed by atoms with van der Waals surface area (Å²) in [6.07, 6.45) is 0. The van der Waals surface area contributed by atoms with E-state index < -0.39 is 5.41 Å². The third-order valence-corrected chi connectivity index (χ3v) is 12.9. The topological polar surface area (TPSA) is 17.0 Å². The van der Waals surface area contributed by atoms with Gasteiger partial charge in [-0.1, -0.05) is 194 Å². The molecular weight excluding hydrogens is 737 g/mol. The van der Waals surface area contributed by atoms with E-state index in [0.29, 0.717) is 0 Å². The normalized spacial score (nSPS) is 12.7. The Hall–Kier alpha value is -7.94. The van der Waals surface area contributed by atoms with Gasteiger partial charge in [-0.25, -0.2) is 0 Å². The van der Waals surface area contributed by atoms with Gasteiger partial charge in [0.05, 0.1) is 16.4 Å². The van der Waals surface area contributed by atoms with Gasteiger partial charge in [-0.05, 0) is 92.4 Å². The molecule has 0 saturated carbocycles. The van der Waals surface area contributed by atoms with E-state index >= 15 is 0 Å². The summed E-state index contributed by atoms with van der Waals surface area (Å²) in [6.45, 7) is 0. The second-order valence-corrected chi connectivity index (χ2v) is 16.1. The third kappa shape index (κ3) is 5.43. The average molecular weight is 777 g/mol. The molecule has 0 unspecified atom stereocenters. The number of hydrogen-bond donors (Lipinski definition) is 1. The maximum Gasteiger partial charge on any atom is 0.0714 e. The van der Waals surface area contributed by atoms with Gasteiger partial charge >= 0.3 is 0 Å². The molecule has 11 aromatic rings. The van der Waals surface area contributed by atoms with Crippen molar-refractivity contribution in [2.24, 2.45) is 0 Å². The van der Waals surface area contributed by atoms with Crippen LogP contribution in [0.1, 0.15) is 22.3 Å². The Morgan fingerprint density at radius 3 is 1.75 bits per heavy atom. The summed E-state index contributed by atoms with van der Waals surface area (Å²) in [5.74, 6) is 0. The van der Waals surface area contributed by atoms with Gasteiger partial charge in [-0.2, -0.15) is 0 Å². The van der Waals surface area contributed by atoms with E-state index in [-0.39, 0.29) is 0 Å². The smallest absolute Gasteiger partial charge is 0.0714 e. The van der Waals surface area contributed by atoms with Crippen molar-refractivity contribution in [1.82, 2.24) is 4.57 Å². The quantitative estimate of drug-likeness (QED) is 0.171. The first-order chi connectivity index (χ1) is 30.3. The summed E-state index contributed by atoms with van der Waals surface area (Å²) in [7, 11) is 0. The van der Waals surface area contributed by atoms with E-state index in [1.807, 2.05) is 0 Å². The molecule has 0 saturated heterocycles. The van der Waals surface area contributed by atoms with Crippen LogP contribution in [0.25, 0.3) is 71.6 Å². The van der Waals surface area contributed by atoms with Crippen molar-refractivity contribution in [2.45, 2.75) is 5.41 Å². The van der Waals surface area contributed by atoms with Crippen LogP contribution in [0.5, 0.6) is 0 Å². The lowest BCUT2D eigenvalue weighted by Crippen LogP contribution is -2.28. The highest BCUT2D eigenvalue weighted by molar-refractivity contribution is 6.17. The molecule has 61 heavy (non-hydrogen) atoms. The predicted octanol–water partition coefficient (Wildman–Crippen LogP) is 15.4. The number of hydrogen-bond acceptors (Lipinski definition) is 1. The maximum absolute atomic E-state index is 3.83. The summed E-state index contributed by atoms with van der Waals surface area (Å²) in [6, 6.07) is 86.6. The Labute approximate surface area is 355 Å². The van der Waals surface area contributed by atoms with Crippen molar-refractivity contribution in [3.8, 4) is 39.1 Å². The van der Waals surface area contributed by atoms with Gasteiger partial charge in [0.15, 0.2) is 0 Å². The molecule has 0 spiro atoms. The van der Waals surface area contributed by atoms with Gasteiger partial charge in [-0.15, -0.1) is 0 Å². The number of nitrogens with zero attached hydrogens (tertiary/aromatic N) is 1. The summed E-state index contributed by atoms with van der Waals surface area (Å²) < 4.78 is 2.50. The van der Waals surface area contributed by atoms with Gasteiger partial charge in [0.25, 0.3) is 0 Å². The zero-order valence-electron chi connectivity index (χ0n) is 33.5. The molecule has 0 fully saturated rings. The molecule has 1 aliphatic carbocycles. The highest BCUT2D eigenvalue weighted by Gasteiger charge is 2.47. The van der Waals surface area contributed by atoms with E-state index in [0.717, 1.165) is 22.6 Å². The van der Waals surface area contributed by atoms with Crippen LogP contribution in [0.3, 0.4) is 0 Å². The van der Waals surface area contributed by atoms with Gasteiger partial charge < -0.3 is 9.88 Å². The minimum atomic E-state index is -0.485. The monoisotopic (exact) mass is 776 g/mol. The molecule has 2 nitrogen and oxygen atoms in total. The fourth-order valence-electron chi connectivity index (χ4n) is 10.2. The largest absolute Gasteiger partial charge is 0.355 e. The van der Waals surface area contributed by atoms with Crippen LogP contribution < -0.4 is 5.32 Å². The molecular formula is C59H40N2. The Kier molecular flexibility index (Phi) is 8.11. The minimum Gasteiger partial charge on any atom is -0.355 e. The standard InChI is InChI=1S/C59H40N2/c1-5-18-41(19-6-1)50-38-42(32-36-55(50)60-54-31-17-21-40-20-13-14-28-47(40)54)43-33-37-56-51(39-43)48-34-35-53-57(58(48)61(56)46-26-11-4-12-27-46)49-29-15-16-30-52(49)59(53,44-22-7-2-8-23-44)45-24-9-3-10-25-45/h1-39,60H. The molecule has 1 heterocycles. The fourth-order valence-corrected chi connectivity index (χ4v) is 10.2. The Bertz CT molecular complexity index is 3380. The molecule has 1 aliphatic rings. The van der Waals surface area contributed by atoms with E-state index in [1.165, 1.54) is 82.6 Å². The third-order valence-electron chi connectivity index (χ3n) is 12.9. The van der Waals surface area contributed by atoms with E-state index in [2.05, 4.69) is 246 Å². The van der Waals surface area contributed by atoms with Crippen molar-refractivity contribution in [3.63, 3.8) is 0 Å². The number of nitrogens with one attached hydrogen (secondary N) is 1. The highest BCUT2D eigenvalue weighted by atomic mass is 15.0. The van der Waals surface area contributed by atoms with Gasteiger partial charge in [-0.3, -0.25) is 0 Å². The molecule has 0 bridgehead atoms. The van der Waals surface area contributed by atoms with Crippen LogP contribution in [0.4, 0.5) is 11.4 Å². The van der Waals surface area contributed by atoms with Crippen molar-refractivity contribution >= 4 is 44.0 Å². The van der Waals surface area contributed by atoms with E-state index in [1.54, 1.807) is 0 Å². The highest BCUT2D eigenvalue weighted by Crippen LogP contribution is 2.58. The maximum atomic E-state index is 3.83. The molecule has 0 amide bonds. The lowest BCUT2D eigenvalue weighted by molar-refractivity contribution is 0.769. The fraction of sp³-hybridized carbons (Fsp3) is 0.0169. The van der Waals surface area contributed by atoms with Crippen molar-refractivity contribution in [2.75, 3.05) is 5.32 Å². The number of aromatic nitrogens is 1. The molecule has 12 rings (SSSR count). The Morgan fingerprint density at radius 1 is 0.361 bits per heavy atom. The van der Waals surface area contributed by atoms with Crippen molar-refractivity contribution < 1.29 is 0 Å². The Balaban J connectivity index is 1.10. The summed E-state index contributed by atoms with van der Waals surface area (Å²) >= 11 is 0. The lowest BCUT2D eigenvalue weighted by Gasteiger charge is -2.33. The number of para-hydroxylation sites is 1. The summed E-state index contributed by atoms with van der Waals surface area (Å²) in [4.78, 5) is 0. The number of anilines is 2. The molecule has 0 aliphatic heterocycles. The first-order valence-corrected chi connectivity index (χ1v) is 21.1. The number of rotatable bonds is 7. The molecule has 0 radical (unpaired) electrons. The summed E-state index contributed by atoms with van der Waals surface area (Å²) in [5.41, 5.74) is 17.6. The van der Waals surface area contributed by atoms with Gasteiger partial charge in [0, 0.05) is 44.3 Å². The molecule has 1 N–H and O–H groups in total. The number of fused-ring (bicyclic) bond motifs is 8.